The van der Waals surface area contributed by atoms with E-state index in [-0.39, 0.29) is 5.41 Å². The number of rotatable bonds is 3. The van der Waals surface area contributed by atoms with Gasteiger partial charge in [0.15, 0.2) is 5.82 Å². The molecule has 0 aliphatic heterocycles. The molecule has 0 atom stereocenters. The lowest BCUT2D eigenvalue weighted by Gasteiger charge is -2.16. The summed E-state index contributed by atoms with van der Waals surface area (Å²) >= 11 is 7.65. The van der Waals surface area contributed by atoms with Gasteiger partial charge in [0.2, 0.25) is 5.16 Å². The summed E-state index contributed by atoms with van der Waals surface area (Å²) in [5.74, 6) is 7.52. The molecule has 4 nitrogen and oxygen atoms in total. The molecule has 1 heterocycles. The average Bonchev–Trinajstić information content (AvgIpc) is 2.69. The predicted octanol–water partition coefficient (Wildman–Crippen LogP) is 3.24. The van der Waals surface area contributed by atoms with Gasteiger partial charge in [-0.15, -0.1) is 10.2 Å². The van der Waals surface area contributed by atoms with Crippen molar-refractivity contribution >= 4 is 23.4 Å². The average molecular weight is 297 g/mol. The van der Waals surface area contributed by atoms with Gasteiger partial charge in [-0.05, 0) is 11.6 Å². The maximum atomic E-state index is 6.12. The zero-order chi connectivity index (χ0) is 14.0. The van der Waals surface area contributed by atoms with Gasteiger partial charge in [-0.1, -0.05) is 62.3 Å². The van der Waals surface area contributed by atoms with Gasteiger partial charge in [0.1, 0.15) is 0 Å². The van der Waals surface area contributed by atoms with Crippen molar-refractivity contribution in [1.29, 1.82) is 0 Å². The maximum Gasteiger partial charge on any atom is 0.210 e. The van der Waals surface area contributed by atoms with Crippen LogP contribution < -0.4 is 5.84 Å². The highest BCUT2D eigenvalue weighted by Gasteiger charge is 2.22. The largest absolute Gasteiger partial charge is 0.336 e. The van der Waals surface area contributed by atoms with E-state index in [0.29, 0.717) is 5.16 Å². The molecule has 0 unspecified atom stereocenters. The molecule has 0 aliphatic rings. The molecule has 0 spiro atoms. The first-order valence-electron chi connectivity index (χ1n) is 5.97. The van der Waals surface area contributed by atoms with E-state index in [4.69, 9.17) is 17.4 Å². The zero-order valence-corrected chi connectivity index (χ0v) is 12.8. The van der Waals surface area contributed by atoms with Crippen molar-refractivity contribution in [3.63, 3.8) is 0 Å². The van der Waals surface area contributed by atoms with Crippen LogP contribution >= 0.6 is 23.4 Å². The lowest BCUT2D eigenvalue weighted by molar-refractivity contribution is 0.523. The molecule has 2 N–H and O–H groups in total. The van der Waals surface area contributed by atoms with Crippen LogP contribution in [0, 0.1) is 0 Å². The van der Waals surface area contributed by atoms with E-state index >= 15 is 0 Å². The fourth-order valence-electron chi connectivity index (χ4n) is 1.64. The fourth-order valence-corrected chi connectivity index (χ4v) is 2.79. The standard InChI is InChI=1S/C13H17ClN4S/c1-13(2,3)11-16-17-12(18(11)15)19-8-9-6-4-5-7-10(9)14/h4-7H,8,15H2,1-3H3. The predicted molar refractivity (Wildman–Crippen MR) is 79.9 cm³/mol. The number of hydrogen-bond donors (Lipinski definition) is 1. The third-order valence-electron chi connectivity index (χ3n) is 2.65. The molecule has 2 aromatic rings. The Hall–Kier alpha value is -1.20. The van der Waals surface area contributed by atoms with Crippen LogP contribution in [0.2, 0.25) is 5.02 Å². The molecule has 0 radical (unpaired) electrons. The highest BCUT2D eigenvalue weighted by molar-refractivity contribution is 7.98. The Kier molecular flexibility index (Phi) is 4.06. The molecule has 0 fully saturated rings. The highest BCUT2D eigenvalue weighted by atomic mass is 35.5. The van der Waals surface area contributed by atoms with Crippen LogP contribution in [0.15, 0.2) is 29.4 Å². The third-order valence-corrected chi connectivity index (χ3v) is 4.01. The minimum Gasteiger partial charge on any atom is -0.336 e. The monoisotopic (exact) mass is 296 g/mol. The van der Waals surface area contributed by atoms with Gasteiger partial charge in [-0.3, -0.25) is 0 Å². The van der Waals surface area contributed by atoms with Crippen molar-refractivity contribution in [3.05, 3.63) is 40.7 Å². The Morgan fingerprint density at radius 3 is 2.53 bits per heavy atom. The number of aromatic nitrogens is 3. The Morgan fingerprint density at radius 1 is 1.26 bits per heavy atom. The minimum absolute atomic E-state index is 0.120. The first kappa shape index (κ1) is 14.2. The number of thioether (sulfide) groups is 1. The summed E-state index contributed by atoms with van der Waals surface area (Å²) in [5, 5.41) is 9.75. The van der Waals surface area contributed by atoms with E-state index in [1.165, 1.54) is 11.8 Å². The summed E-state index contributed by atoms with van der Waals surface area (Å²) in [4.78, 5) is 0. The molecular weight excluding hydrogens is 280 g/mol. The van der Waals surface area contributed by atoms with Crippen LogP contribution in [-0.2, 0) is 11.2 Å². The van der Waals surface area contributed by atoms with Crippen molar-refractivity contribution in [1.82, 2.24) is 14.9 Å². The van der Waals surface area contributed by atoms with Crippen molar-refractivity contribution in [2.75, 3.05) is 5.84 Å². The maximum absolute atomic E-state index is 6.12. The quantitative estimate of drug-likeness (QED) is 0.698. The van der Waals surface area contributed by atoms with Gasteiger partial charge in [0.05, 0.1) is 0 Å². The number of nitrogen functional groups attached to an aromatic ring is 1. The molecular formula is C13H17ClN4S. The van der Waals surface area contributed by atoms with Crippen LogP contribution in [0.25, 0.3) is 0 Å². The molecule has 0 saturated heterocycles. The van der Waals surface area contributed by atoms with Crippen molar-refractivity contribution < 1.29 is 0 Å². The topological polar surface area (TPSA) is 56.7 Å². The van der Waals surface area contributed by atoms with E-state index < -0.39 is 0 Å². The smallest absolute Gasteiger partial charge is 0.210 e. The molecule has 1 aromatic carbocycles. The normalized spacial score (nSPS) is 11.8. The fraction of sp³-hybridized carbons (Fsp3) is 0.385. The number of halogens is 1. The molecule has 0 amide bonds. The number of nitrogens with zero attached hydrogens (tertiary/aromatic N) is 3. The van der Waals surface area contributed by atoms with E-state index in [9.17, 15) is 0 Å². The Labute approximate surface area is 122 Å². The van der Waals surface area contributed by atoms with Gasteiger partial charge in [-0.25, -0.2) is 4.68 Å². The van der Waals surface area contributed by atoms with Gasteiger partial charge < -0.3 is 5.84 Å². The van der Waals surface area contributed by atoms with E-state index in [2.05, 4.69) is 31.0 Å². The van der Waals surface area contributed by atoms with Crippen LogP contribution in [0.3, 0.4) is 0 Å². The molecule has 0 saturated carbocycles. The van der Waals surface area contributed by atoms with E-state index in [1.54, 1.807) is 4.68 Å². The number of hydrogen-bond acceptors (Lipinski definition) is 4. The number of benzene rings is 1. The summed E-state index contributed by atoms with van der Waals surface area (Å²) in [6.45, 7) is 6.18. The van der Waals surface area contributed by atoms with Gasteiger partial charge in [0.25, 0.3) is 0 Å². The van der Waals surface area contributed by atoms with Crippen LogP contribution in [0.1, 0.15) is 32.2 Å². The third kappa shape index (κ3) is 3.22. The molecule has 0 bridgehead atoms. The molecule has 0 aliphatic carbocycles. The van der Waals surface area contributed by atoms with E-state index in [1.807, 2.05) is 24.3 Å². The second-order valence-electron chi connectivity index (χ2n) is 5.31. The van der Waals surface area contributed by atoms with Crippen molar-refractivity contribution in [3.8, 4) is 0 Å². The van der Waals surface area contributed by atoms with Gasteiger partial charge >= 0.3 is 0 Å². The Bertz CT molecular complexity index is 574. The first-order chi connectivity index (χ1) is 8.89. The van der Waals surface area contributed by atoms with E-state index in [0.717, 1.165) is 22.2 Å². The summed E-state index contributed by atoms with van der Waals surface area (Å²) in [6.07, 6.45) is 0. The second kappa shape index (κ2) is 5.43. The van der Waals surface area contributed by atoms with Crippen LogP contribution in [-0.4, -0.2) is 14.9 Å². The van der Waals surface area contributed by atoms with Crippen LogP contribution in [0.4, 0.5) is 0 Å². The highest BCUT2D eigenvalue weighted by Crippen LogP contribution is 2.27. The molecule has 102 valence electrons. The SMILES string of the molecule is CC(C)(C)c1nnc(SCc2ccccc2Cl)n1N. The van der Waals surface area contributed by atoms with Crippen molar-refractivity contribution in [2.24, 2.45) is 0 Å². The van der Waals surface area contributed by atoms with Crippen LogP contribution in [0.5, 0.6) is 0 Å². The first-order valence-corrected chi connectivity index (χ1v) is 7.33. The molecule has 19 heavy (non-hydrogen) atoms. The number of nitrogens with two attached hydrogens (primary N) is 1. The summed E-state index contributed by atoms with van der Waals surface area (Å²) in [6, 6.07) is 7.76. The van der Waals surface area contributed by atoms with Gasteiger partial charge in [-0.2, -0.15) is 0 Å². The van der Waals surface area contributed by atoms with Gasteiger partial charge in [0, 0.05) is 16.2 Å². The Morgan fingerprint density at radius 2 is 1.95 bits per heavy atom. The second-order valence-corrected chi connectivity index (χ2v) is 6.66. The lowest BCUT2D eigenvalue weighted by Crippen LogP contribution is -2.24. The zero-order valence-electron chi connectivity index (χ0n) is 11.2. The Balaban J connectivity index is 2.13. The summed E-state index contributed by atoms with van der Waals surface area (Å²) in [5.41, 5.74) is 0.944. The summed E-state index contributed by atoms with van der Waals surface area (Å²) < 4.78 is 1.56. The molecule has 1 aromatic heterocycles. The molecule has 2 rings (SSSR count). The molecule has 6 heteroatoms. The lowest BCUT2D eigenvalue weighted by atomic mass is 9.96. The minimum atomic E-state index is -0.120. The van der Waals surface area contributed by atoms with Crippen molar-refractivity contribution in [2.45, 2.75) is 37.1 Å². The summed E-state index contributed by atoms with van der Waals surface area (Å²) in [7, 11) is 0.